The van der Waals surface area contributed by atoms with Crippen molar-refractivity contribution in [2.24, 2.45) is 5.73 Å². The summed E-state index contributed by atoms with van der Waals surface area (Å²) in [6.07, 6.45) is 43.5. The summed E-state index contributed by atoms with van der Waals surface area (Å²) in [7, 11) is -4.33. The van der Waals surface area contributed by atoms with Gasteiger partial charge in [0.05, 0.1) is 25.4 Å². The third-order valence-electron chi connectivity index (χ3n) is 8.96. The van der Waals surface area contributed by atoms with Crippen LogP contribution in [0.15, 0.2) is 36.5 Å². The zero-order chi connectivity index (χ0) is 36.8. The first-order valence-electron chi connectivity index (χ1n) is 20.6. The molecule has 294 valence electrons. The molecule has 3 unspecified atom stereocenters. The molecule has 1 amide bonds. The first-order chi connectivity index (χ1) is 24.4. The van der Waals surface area contributed by atoms with Gasteiger partial charge >= 0.3 is 7.82 Å². The van der Waals surface area contributed by atoms with Gasteiger partial charge in [0.25, 0.3) is 0 Å². The molecule has 8 nitrogen and oxygen atoms in total. The summed E-state index contributed by atoms with van der Waals surface area (Å²) in [6.45, 7) is 4.07. The van der Waals surface area contributed by atoms with Crippen LogP contribution in [0, 0.1) is 0 Å². The number of carbonyl (C=O) groups is 1. The van der Waals surface area contributed by atoms with Gasteiger partial charge in [-0.2, -0.15) is 0 Å². The zero-order valence-corrected chi connectivity index (χ0v) is 33.3. The van der Waals surface area contributed by atoms with E-state index >= 15 is 0 Å². The molecule has 0 aliphatic rings. The lowest BCUT2D eigenvalue weighted by atomic mass is 10.0. The number of unbranched alkanes of at least 4 members (excludes halogenated alkanes) is 22. The quantitative estimate of drug-likeness (QED) is 0.0283. The van der Waals surface area contributed by atoms with Gasteiger partial charge in [-0.15, -0.1) is 0 Å². The van der Waals surface area contributed by atoms with Crippen LogP contribution < -0.4 is 11.1 Å². The lowest BCUT2D eigenvalue weighted by Gasteiger charge is -2.23. The van der Waals surface area contributed by atoms with E-state index in [0.29, 0.717) is 6.42 Å². The van der Waals surface area contributed by atoms with Gasteiger partial charge in [0, 0.05) is 13.0 Å². The molecule has 0 aromatic carbocycles. The van der Waals surface area contributed by atoms with E-state index in [4.69, 9.17) is 14.8 Å². The Labute approximate surface area is 308 Å². The number of rotatable bonds is 38. The second-order valence-corrected chi connectivity index (χ2v) is 15.3. The van der Waals surface area contributed by atoms with Crippen molar-refractivity contribution in [3.63, 3.8) is 0 Å². The van der Waals surface area contributed by atoms with Crippen LogP contribution in [0.5, 0.6) is 0 Å². The van der Waals surface area contributed by atoms with Crippen LogP contribution in [-0.4, -0.2) is 47.8 Å². The molecule has 0 bridgehead atoms. The van der Waals surface area contributed by atoms with Crippen molar-refractivity contribution < 1.29 is 28.4 Å². The highest BCUT2D eigenvalue weighted by atomic mass is 31.2. The van der Waals surface area contributed by atoms with Crippen LogP contribution in [-0.2, 0) is 18.4 Å². The third kappa shape index (κ3) is 35.1. The molecular weight excluding hydrogens is 647 g/mol. The van der Waals surface area contributed by atoms with Crippen LogP contribution in [0.1, 0.15) is 187 Å². The highest BCUT2D eigenvalue weighted by molar-refractivity contribution is 7.47. The molecular formula is C41H79N2O6P. The van der Waals surface area contributed by atoms with Crippen molar-refractivity contribution in [3.05, 3.63) is 36.5 Å². The Hall–Kier alpha value is -1.28. The van der Waals surface area contributed by atoms with Gasteiger partial charge in [-0.25, -0.2) is 4.57 Å². The number of nitrogens with one attached hydrogen (secondary N) is 1. The molecule has 0 aromatic rings. The summed E-state index contributed by atoms with van der Waals surface area (Å²) >= 11 is 0. The number of nitrogens with two attached hydrogens (primary N) is 1. The molecule has 0 heterocycles. The van der Waals surface area contributed by atoms with Crippen molar-refractivity contribution in [2.75, 3.05) is 19.8 Å². The monoisotopic (exact) mass is 727 g/mol. The normalized spacial score (nSPS) is 14.6. The van der Waals surface area contributed by atoms with Crippen LogP contribution in [0.25, 0.3) is 0 Å². The Bertz CT molecular complexity index is 881. The number of hydrogen-bond acceptors (Lipinski definition) is 6. The Morgan fingerprint density at radius 3 is 1.58 bits per heavy atom. The molecule has 0 spiro atoms. The predicted octanol–water partition coefficient (Wildman–Crippen LogP) is 11.2. The number of amides is 1. The SMILES string of the molecule is CCCCCCC/C=C\C/C=C\CCCCCCCCCCCCCC(=O)NC(COP(=O)(O)OCCN)C(O)/C=C/CCCCCCCC. The molecule has 0 saturated heterocycles. The summed E-state index contributed by atoms with van der Waals surface area (Å²) in [5.74, 6) is -0.201. The lowest BCUT2D eigenvalue weighted by Crippen LogP contribution is -2.45. The molecule has 0 fully saturated rings. The maximum atomic E-state index is 12.7. The van der Waals surface area contributed by atoms with Crippen molar-refractivity contribution in [2.45, 2.75) is 199 Å². The lowest BCUT2D eigenvalue weighted by molar-refractivity contribution is -0.123. The molecule has 3 atom stereocenters. The Morgan fingerprint density at radius 2 is 1.10 bits per heavy atom. The van der Waals surface area contributed by atoms with E-state index in [1.165, 1.54) is 122 Å². The summed E-state index contributed by atoms with van der Waals surface area (Å²) in [4.78, 5) is 22.6. The van der Waals surface area contributed by atoms with Gasteiger partial charge in [-0.05, 0) is 51.4 Å². The summed E-state index contributed by atoms with van der Waals surface area (Å²) in [6, 6.07) is -0.858. The number of hydrogen-bond donors (Lipinski definition) is 4. The van der Waals surface area contributed by atoms with E-state index in [-0.39, 0.29) is 25.7 Å². The second kappa shape index (κ2) is 37.5. The van der Waals surface area contributed by atoms with Crippen LogP contribution in [0.3, 0.4) is 0 Å². The summed E-state index contributed by atoms with van der Waals surface area (Å²) in [5.41, 5.74) is 5.35. The molecule has 50 heavy (non-hydrogen) atoms. The van der Waals surface area contributed by atoms with E-state index in [1.54, 1.807) is 6.08 Å². The minimum atomic E-state index is -4.33. The Morgan fingerprint density at radius 1 is 0.660 bits per heavy atom. The largest absolute Gasteiger partial charge is 0.472 e. The topological polar surface area (TPSA) is 131 Å². The van der Waals surface area contributed by atoms with Gasteiger partial charge < -0.3 is 21.1 Å². The van der Waals surface area contributed by atoms with Gasteiger partial charge in [0.15, 0.2) is 0 Å². The smallest absolute Gasteiger partial charge is 0.387 e. The van der Waals surface area contributed by atoms with E-state index in [0.717, 1.165) is 44.9 Å². The maximum Gasteiger partial charge on any atom is 0.472 e. The molecule has 0 rings (SSSR count). The fourth-order valence-electron chi connectivity index (χ4n) is 5.81. The van der Waals surface area contributed by atoms with Crippen LogP contribution in [0.4, 0.5) is 0 Å². The standard InChI is InChI=1S/C41H79N2O6P/c1-3-5-7-9-11-13-14-15-16-17-18-19-20-21-22-23-24-25-26-27-29-31-33-35-41(45)43-39(38-49-50(46,47)48-37-36-42)40(44)34-32-30-28-12-10-8-6-4-2/h14-15,17-18,32,34,39-40,44H,3-13,16,19-31,33,35-38,42H2,1-2H3,(H,43,45)(H,46,47)/b15-14-,18-17-,34-32+. The van der Waals surface area contributed by atoms with Crippen molar-refractivity contribution in [3.8, 4) is 0 Å². The van der Waals surface area contributed by atoms with Gasteiger partial charge in [0.1, 0.15) is 0 Å². The maximum absolute atomic E-state index is 12.7. The number of phosphoric ester groups is 1. The summed E-state index contributed by atoms with van der Waals surface area (Å²) in [5, 5.41) is 13.5. The average molecular weight is 727 g/mol. The van der Waals surface area contributed by atoms with Gasteiger partial charge in [-0.3, -0.25) is 13.8 Å². The second-order valence-electron chi connectivity index (χ2n) is 13.8. The van der Waals surface area contributed by atoms with Crippen molar-refractivity contribution >= 4 is 13.7 Å². The minimum Gasteiger partial charge on any atom is -0.387 e. The van der Waals surface area contributed by atoms with Crippen LogP contribution >= 0.6 is 7.82 Å². The minimum absolute atomic E-state index is 0.0776. The fourth-order valence-corrected chi connectivity index (χ4v) is 6.57. The molecule has 0 aliphatic heterocycles. The number of allylic oxidation sites excluding steroid dienone is 5. The van der Waals surface area contributed by atoms with E-state index in [2.05, 4.69) is 43.5 Å². The Kier molecular flexibility index (Phi) is 36.5. The molecule has 5 N–H and O–H groups in total. The molecule has 0 aromatic heterocycles. The number of aliphatic hydroxyl groups excluding tert-OH is 1. The number of carbonyl (C=O) groups excluding carboxylic acids is 1. The zero-order valence-electron chi connectivity index (χ0n) is 32.4. The van der Waals surface area contributed by atoms with Gasteiger partial charge in [0.2, 0.25) is 5.91 Å². The third-order valence-corrected chi connectivity index (χ3v) is 9.94. The van der Waals surface area contributed by atoms with Crippen LogP contribution in [0.2, 0.25) is 0 Å². The number of aliphatic hydroxyl groups is 1. The first-order valence-corrected chi connectivity index (χ1v) is 22.1. The number of phosphoric acid groups is 1. The van der Waals surface area contributed by atoms with E-state index < -0.39 is 20.0 Å². The van der Waals surface area contributed by atoms with Gasteiger partial charge in [-0.1, -0.05) is 166 Å². The van der Waals surface area contributed by atoms with Crippen molar-refractivity contribution in [1.82, 2.24) is 5.32 Å². The molecule has 0 aliphatic carbocycles. The predicted molar refractivity (Wildman–Crippen MR) is 212 cm³/mol. The highest BCUT2D eigenvalue weighted by Crippen LogP contribution is 2.43. The highest BCUT2D eigenvalue weighted by Gasteiger charge is 2.26. The molecule has 9 heteroatoms. The average Bonchev–Trinajstić information content (AvgIpc) is 3.10. The molecule has 0 saturated carbocycles. The Balaban J connectivity index is 4.04. The molecule has 0 radical (unpaired) electrons. The van der Waals surface area contributed by atoms with E-state index in [9.17, 15) is 19.4 Å². The fraction of sp³-hybridized carbons (Fsp3) is 0.829. The van der Waals surface area contributed by atoms with E-state index in [1.807, 2.05) is 6.08 Å². The first kappa shape index (κ1) is 48.7. The van der Waals surface area contributed by atoms with Crippen molar-refractivity contribution in [1.29, 1.82) is 0 Å². The summed E-state index contributed by atoms with van der Waals surface area (Å²) < 4.78 is 22.0.